The lowest BCUT2D eigenvalue weighted by atomic mass is 10.1. The molecular formula is C16H17N3O3. The first-order valence-electron chi connectivity index (χ1n) is 6.85. The van der Waals surface area contributed by atoms with E-state index in [1.807, 2.05) is 12.1 Å². The molecule has 2 aromatic rings. The largest absolute Gasteiger partial charge is 0.480 e. The molecule has 1 aromatic carbocycles. The van der Waals surface area contributed by atoms with E-state index in [1.165, 1.54) is 0 Å². The van der Waals surface area contributed by atoms with Gasteiger partial charge in [-0.15, -0.1) is 0 Å². The number of carboxylic acid groups (broad SMARTS) is 1. The van der Waals surface area contributed by atoms with Crippen LogP contribution in [-0.4, -0.2) is 28.0 Å². The van der Waals surface area contributed by atoms with E-state index in [-0.39, 0.29) is 12.3 Å². The maximum absolute atomic E-state index is 11.9. The quantitative estimate of drug-likeness (QED) is 0.723. The third-order valence-corrected chi connectivity index (χ3v) is 3.02. The fourth-order valence-electron chi connectivity index (χ4n) is 1.91. The molecule has 0 saturated carbocycles. The summed E-state index contributed by atoms with van der Waals surface area (Å²) in [6, 6.07) is 11.6. The van der Waals surface area contributed by atoms with Crippen molar-refractivity contribution >= 4 is 17.6 Å². The molecule has 1 heterocycles. The number of rotatable bonds is 7. The monoisotopic (exact) mass is 299 g/mol. The highest BCUT2D eigenvalue weighted by Crippen LogP contribution is 2.07. The summed E-state index contributed by atoms with van der Waals surface area (Å²) in [4.78, 5) is 27.1. The van der Waals surface area contributed by atoms with Crippen LogP contribution in [0.25, 0.3) is 0 Å². The van der Waals surface area contributed by atoms with Gasteiger partial charge in [-0.05, 0) is 23.8 Å². The molecule has 0 aliphatic rings. The zero-order valence-electron chi connectivity index (χ0n) is 11.9. The molecule has 0 spiro atoms. The highest BCUT2D eigenvalue weighted by atomic mass is 16.4. The molecule has 114 valence electrons. The molecular weight excluding hydrogens is 282 g/mol. The number of hydrogen-bond acceptors (Lipinski definition) is 4. The van der Waals surface area contributed by atoms with Gasteiger partial charge in [0.1, 0.15) is 6.04 Å². The van der Waals surface area contributed by atoms with Crippen LogP contribution in [0.5, 0.6) is 0 Å². The van der Waals surface area contributed by atoms with Gasteiger partial charge in [0, 0.05) is 24.6 Å². The van der Waals surface area contributed by atoms with Crippen molar-refractivity contribution in [3.05, 3.63) is 60.4 Å². The van der Waals surface area contributed by atoms with Crippen LogP contribution in [0.2, 0.25) is 0 Å². The fraction of sp³-hybridized carbons (Fsp3) is 0.188. The number of aliphatic carboxylic acids is 1. The van der Waals surface area contributed by atoms with Gasteiger partial charge in [0.2, 0.25) is 5.91 Å². The number of carbonyl (C=O) groups excluding carboxylic acids is 1. The number of nitrogens with one attached hydrogen (secondary N) is 2. The molecule has 1 amide bonds. The Morgan fingerprint density at radius 2 is 1.91 bits per heavy atom. The van der Waals surface area contributed by atoms with Crippen LogP contribution in [0, 0.1) is 0 Å². The van der Waals surface area contributed by atoms with Gasteiger partial charge in [-0.25, -0.2) is 0 Å². The summed E-state index contributed by atoms with van der Waals surface area (Å²) in [6.45, 7) is 0.337. The molecule has 1 atom stereocenters. The molecule has 3 N–H and O–H groups in total. The van der Waals surface area contributed by atoms with Crippen LogP contribution in [0.3, 0.4) is 0 Å². The molecule has 0 radical (unpaired) electrons. The number of carboxylic acids is 1. The van der Waals surface area contributed by atoms with Crippen LogP contribution in [-0.2, 0) is 16.1 Å². The molecule has 1 unspecified atom stereocenters. The fourth-order valence-corrected chi connectivity index (χ4v) is 1.91. The van der Waals surface area contributed by atoms with Crippen molar-refractivity contribution in [2.24, 2.45) is 0 Å². The van der Waals surface area contributed by atoms with Gasteiger partial charge in [-0.1, -0.05) is 24.3 Å². The van der Waals surface area contributed by atoms with Gasteiger partial charge in [-0.3, -0.25) is 19.9 Å². The summed E-state index contributed by atoms with van der Waals surface area (Å²) in [7, 11) is 0. The summed E-state index contributed by atoms with van der Waals surface area (Å²) < 4.78 is 0. The number of nitrogens with zero attached hydrogens (tertiary/aromatic N) is 1. The molecule has 22 heavy (non-hydrogen) atoms. The topological polar surface area (TPSA) is 91.3 Å². The molecule has 0 bridgehead atoms. The smallest absolute Gasteiger partial charge is 0.321 e. The third kappa shape index (κ3) is 4.99. The Morgan fingerprint density at radius 1 is 1.14 bits per heavy atom. The van der Waals surface area contributed by atoms with Gasteiger partial charge in [0.25, 0.3) is 0 Å². The number of pyridine rings is 1. The lowest BCUT2D eigenvalue weighted by Gasteiger charge is -2.14. The SMILES string of the molecule is O=C(CC(NCc1cccnc1)C(=O)O)Nc1ccccc1. The Labute approximate surface area is 128 Å². The standard InChI is InChI=1S/C16H17N3O3/c20-15(19-13-6-2-1-3-7-13)9-14(16(21)22)18-11-12-5-4-8-17-10-12/h1-8,10,14,18H,9,11H2,(H,19,20)(H,21,22). The summed E-state index contributed by atoms with van der Waals surface area (Å²) in [5, 5.41) is 14.7. The van der Waals surface area contributed by atoms with E-state index >= 15 is 0 Å². The van der Waals surface area contributed by atoms with Crippen molar-refractivity contribution in [1.82, 2.24) is 10.3 Å². The van der Waals surface area contributed by atoms with Crippen molar-refractivity contribution in [3.63, 3.8) is 0 Å². The van der Waals surface area contributed by atoms with Crippen molar-refractivity contribution in [3.8, 4) is 0 Å². The van der Waals surface area contributed by atoms with Crippen LogP contribution >= 0.6 is 0 Å². The summed E-state index contributed by atoms with van der Waals surface area (Å²) in [5.41, 5.74) is 1.50. The molecule has 0 fully saturated rings. The number of carbonyl (C=O) groups is 2. The van der Waals surface area contributed by atoms with Crippen LogP contribution in [0.15, 0.2) is 54.9 Å². The number of aromatic nitrogens is 1. The number of para-hydroxylation sites is 1. The first-order chi connectivity index (χ1) is 10.6. The lowest BCUT2D eigenvalue weighted by molar-refractivity contribution is -0.141. The van der Waals surface area contributed by atoms with E-state index in [0.717, 1.165) is 5.56 Å². The number of hydrogen-bond donors (Lipinski definition) is 3. The summed E-state index contributed by atoms with van der Waals surface area (Å²) >= 11 is 0. The second-order valence-corrected chi connectivity index (χ2v) is 4.75. The van der Waals surface area contributed by atoms with E-state index in [9.17, 15) is 14.7 Å². The zero-order chi connectivity index (χ0) is 15.8. The Morgan fingerprint density at radius 3 is 2.55 bits per heavy atom. The van der Waals surface area contributed by atoms with Gasteiger partial charge >= 0.3 is 5.97 Å². The maximum Gasteiger partial charge on any atom is 0.321 e. The molecule has 1 aromatic heterocycles. The molecule has 6 heteroatoms. The van der Waals surface area contributed by atoms with E-state index in [4.69, 9.17) is 0 Å². The number of amides is 1. The first kappa shape index (κ1) is 15.7. The molecule has 0 aliphatic carbocycles. The minimum atomic E-state index is -1.06. The highest BCUT2D eigenvalue weighted by Gasteiger charge is 2.20. The average Bonchev–Trinajstić information content (AvgIpc) is 2.53. The van der Waals surface area contributed by atoms with E-state index in [1.54, 1.807) is 42.7 Å². The highest BCUT2D eigenvalue weighted by molar-refractivity contribution is 5.93. The van der Waals surface area contributed by atoms with Crippen molar-refractivity contribution in [2.45, 2.75) is 19.0 Å². The van der Waals surface area contributed by atoms with Gasteiger partial charge < -0.3 is 10.4 Å². The second kappa shape index (κ2) is 7.90. The zero-order valence-corrected chi connectivity index (χ0v) is 11.9. The van der Waals surface area contributed by atoms with Crippen LogP contribution in [0.4, 0.5) is 5.69 Å². The minimum absolute atomic E-state index is 0.148. The lowest BCUT2D eigenvalue weighted by Crippen LogP contribution is -2.39. The van der Waals surface area contributed by atoms with Crippen molar-refractivity contribution in [2.75, 3.05) is 5.32 Å². The molecule has 0 saturated heterocycles. The predicted octanol–water partition coefficient (Wildman–Crippen LogP) is 1.65. The first-order valence-corrected chi connectivity index (χ1v) is 6.85. The van der Waals surface area contributed by atoms with Crippen LogP contribution in [0.1, 0.15) is 12.0 Å². The van der Waals surface area contributed by atoms with Gasteiger partial charge in [-0.2, -0.15) is 0 Å². The van der Waals surface area contributed by atoms with Gasteiger partial charge in [0.05, 0.1) is 6.42 Å². The molecule has 2 rings (SSSR count). The Kier molecular flexibility index (Phi) is 5.62. The Bertz CT molecular complexity index is 617. The maximum atomic E-state index is 11.9. The average molecular weight is 299 g/mol. The van der Waals surface area contributed by atoms with Crippen molar-refractivity contribution < 1.29 is 14.7 Å². The summed E-state index contributed by atoms with van der Waals surface area (Å²) in [6.07, 6.45) is 3.14. The van der Waals surface area contributed by atoms with Crippen molar-refractivity contribution in [1.29, 1.82) is 0 Å². The number of anilines is 1. The Balaban J connectivity index is 1.88. The van der Waals surface area contributed by atoms with E-state index in [2.05, 4.69) is 15.6 Å². The van der Waals surface area contributed by atoms with Crippen LogP contribution < -0.4 is 10.6 Å². The minimum Gasteiger partial charge on any atom is -0.480 e. The van der Waals surface area contributed by atoms with E-state index < -0.39 is 12.0 Å². The van der Waals surface area contributed by atoms with E-state index in [0.29, 0.717) is 12.2 Å². The number of benzene rings is 1. The third-order valence-electron chi connectivity index (χ3n) is 3.02. The molecule has 0 aliphatic heterocycles. The molecule has 6 nitrogen and oxygen atoms in total. The normalized spacial score (nSPS) is 11.6. The van der Waals surface area contributed by atoms with Gasteiger partial charge in [0.15, 0.2) is 0 Å². The Hall–Kier alpha value is -2.73. The second-order valence-electron chi connectivity index (χ2n) is 4.75. The summed E-state index contributed by atoms with van der Waals surface area (Å²) in [5.74, 6) is -1.41. The predicted molar refractivity (Wildman–Crippen MR) is 82.2 cm³/mol.